The molecule has 6 heteroatoms. The Labute approximate surface area is 127 Å². The largest absolute Gasteiger partial charge is 0.393 e. The first-order chi connectivity index (χ1) is 10.5. The minimum Gasteiger partial charge on any atom is -0.393 e. The highest BCUT2D eigenvalue weighted by Crippen LogP contribution is 2.48. The number of cyclic esters (lactones) is 4. The molecule has 0 unspecified atom stereocenters. The minimum absolute atomic E-state index is 0.266. The van der Waals surface area contributed by atoms with Gasteiger partial charge in [0.2, 0.25) is 0 Å². The van der Waals surface area contributed by atoms with Gasteiger partial charge in [-0.3, -0.25) is 19.2 Å². The zero-order valence-corrected chi connectivity index (χ0v) is 12.2. The number of fused-ring (bicyclic) bond motifs is 2. The van der Waals surface area contributed by atoms with Crippen molar-refractivity contribution < 1.29 is 28.7 Å². The van der Waals surface area contributed by atoms with Crippen molar-refractivity contribution in [3.8, 4) is 0 Å². The van der Waals surface area contributed by atoms with Crippen molar-refractivity contribution in [3.05, 3.63) is 0 Å². The number of esters is 4. The van der Waals surface area contributed by atoms with Crippen molar-refractivity contribution in [2.24, 2.45) is 35.5 Å². The lowest BCUT2D eigenvalue weighted by Crippen LogP contribution is -2.35. The third kappa shape index (κ3) is 2.00. The molecule has 2 heterocycles. The van der Waals surface area contributed by atoms with E-state index in [4.69, 9.17) is 9.47 Å². The molecule has 6 nitrogen and oxygen atoms in total. The van der Waals surface area contributed by atoms with E-state index in [0.29, 0.717) is 37.5 Å². The van der Waals surface area contributed by atoms with Crippen LogP contribution in [0.4, 0.5) is 0 Å². The number of carbonyl (C=O) groups excluding carboxylic acids is 4. The van der Waals surface area contributed by atoms with Crippen LogP contribution in [-0.4, -0.2) is 23.9 Å². The van der Waals surface area contributed by atoms with Gasteiger partial charge in [0.25, 0.3) is 0 Å². The highest BCUT2D eigenvalue weighted by atomic mass is 16.6. The fourth-order valence-corrected chi connectivity index (χ4v) is 4.85. The number of rotatable bonds is 1. The fraction of sp³-hybridized carbons (Fsp3) is 0.750. The van der Waals surface area contributed by atoms with Gasteiger partial charge in [-0.25, -0.2) is 0 Å². The van der Waals surface area contributed by atoms with Crippen LogP contribution in [0.3, 0.4) is 0 Å². The summed E-state index contributed by atoms with van der Waals surface area (Å²) >= 11 is 0. The van der Waals surface area contributed by atoms with E-state index in [0.717, 1.165) is 12.8 Å². The van der Waals surface area contributed by atoms with E-state index in [9.17, 15) is 19.2 Å². The molecular formula is C16H18O6. The molecule has 118 valence electrons. The molecule has 4 aliphatic rings. The maximum absolute atomic E-state index is 11.8. The quantitative estimate of drug-likeness (QED) is 0.535. The molecule has 4 fully saturated rings. The average molecular weight is 306 g/mol. The summed E-state index contributed by atoms with van der Waals surface area (Å²) in [6.45, 7) is 0. The third-order valence-electron chi connectivity index (χ3n) is 6.06. The molecule has 0 aromatic rings. The number of hydrogen-bond donors (Lipinski definition) is 0. The molecule has 0 aromatic heterocycles. The number of hydrogen-bond acceptors (Lipinski definition) is 6. The first-order valence-electron chi connectivity index (χ1n) is 8.05. The predicted molar refractivity (Wildman–Crippen MR) is 70.8 cm³/mol. The predicted octanol–water partition coefficient (Wildman–Crippen LogP) is 1.22. The van der Waals surface area contributed by atoms with Gasteiger partial charge in [-0.2, -0.15) is 0 Å². The molecule has 0 aromatic carbocycles. The van der Waals surface area contributed by atoms with E-state index in [1.807, 2.05) is 0 Å². The first-order valence-corrected chi connectivity index (χ1v) is 8.05. The fourth-order valence-electron chi connectivity index (χ4n) is 4.85. The van der Waals surface area contributed by atoms with Crippen LogP contribution in [0.25, 0.3) is 0 Å². The molecule has 0 bridgehead atoms. The zero-order valence-electron chi connectivity index (χ0n) is 12.2. The van der Waals surface area contributed by atoms with Crippen LogP contribution in [0.1, 0.15) is 38.5 Å². The van der Waals surface area contributed by atoms with Crippen LogP contribution in [0.15, 0.2) is 0 Å². The minimum atomic E-state index is -0.385. The van der Waals surface area contributed by atoms with Crippen LogP contribution in [0, 0.1) is 35.5 Å². The smallest absolute Gasteiger partial charge is 0.317 e. The molecule has 0 spiro atoms. The summed E-state index contributed by atoms with van der Waals surface area (Å²) in [6.07, 6.45) is 4.48. The molecule has 2 saturated heterocycles. The Morgan fingerprint density at radius 2 is 0.909 bits per heavy atom. The van der Waals surface area contributed by atoms with Gasteiger partial charge in [-0.05, 0) is 50.4 Å². The summed E-state index contributed by atoms with van der Waals surface area (Å²) in [5.41, 5.74) is 0. The van der Waals surface area contributed by atoms with Crippen molar-refractivity contribution in [1.82, 2.24) is 0 Å². The van der Waals surface area contributed by atoms with E-state index < -0.39 is 0 Å². The number of ether oxygens (including phenoxy) is 2. The molecule has 2 saturated carbocycles. The summed E-state index contributed by atoms with van der Waals surface area (Å²) < 4.78 is 9.50. The Bertz CT molecular complexity index is 517. The summed E-state index contributed by atoms with van der Waals surface area (Å²) in [6, 6.07) is 0. The highest BCUT2D eigenvalue weighted by Gasteiger charge is 2.52. The second-order valence-corrected chi connectivity index (χ2v) is 7.05. The van der Waals surface area contributed by atoms with Crippen molar-refractivity contribution >= 4 is 23.9 Å². The molecule has 4 rings (SSSR count). The normalized spacial score (nSPS) is 44.4. The van der Waals surface area contributed by atoms with Gasteiger partial charge in [-0.15, -0.1) is 0 Å². The Hall–Kier alpha value is -1.72. The monoisotopic (exact) mass is 306 g/mol. The van der Waals surface area contributed by atoms with Crippen molar-refractivity contribution in [1.29, 1.82) is 0 Å². The van der Waals surface area contributed by atoms with Crippen LogP contribution >= 0.6 is 0 Å². The molecule has 2 aliphatic carbocycles. The first kappa shape index (κ1) is 13.9. The van der Waals surface area contributed by atoms with Crippen molar-refractivity contribution in [2.75, 3.05) is 0 Å². The zero-order chi connectivity index (χ0) is 15.4. The van der Waals surface area contributed by atoms with Crippen LogP contribution in [0.5, 0.6) is 0 Å². The van der Waals surface area contributed by atoms with Gasteiger partial charge in [0.15, 0.2) is 0 Å². The molecule has 0 radical (unpaired) electrons. The SMILES string of the molecule is O=C1OC(=O)[C@@H]2CC[C@H]([C@H]3CC[C@H]4C(=O)OC(=O)[C@H]4C3)C[C@H]12. The third-order valence-corrected chi connectivity index (χ3v) is 6.06. The van der Waals surface area contributed by atoms with Crippen LogP contribution in [0.2, 0.25) is 0 Å². The van der Waals surface area contributed by atoms with Gasteiger partial charge >= 0.3 is 23.9 Å². The van der Waals surface area contributed by atoms with Gasteiger partial charge < -0.3 is 9.47 Å². The molecule has 0 amide bonds. The van der Waals surface area contributed by atoms with Gasteiger partial charge in [0.1, 0.15) is 0 Å². The van der Waals surface area contributed by atoms with Crippen LogP contribution in [-0.2, 0) is 28.7 Å². The average Bonchev–Trinajstić information content (AvgIpc) is 2.96. The van der Waals surface area contributed by atoms with Crippen LogP contribution < -0.4 is 0 Å². The Morgan fingerprint density at radius 1 is 0.545 bits per heavy atom. The molecule has 6 atom stereocenters. The summed E-state index contributed by atoms with van der Waals surface area (Å²) in [5, 5.41) is 0. The maximum atomic E-state index is 11.8. The van der Waals surface area contributed by atoms with Gasteiger partial charge in [0, 0.05) is 0 Å². The van der Waals surface area contributed by atoms with Gasteiger partial charge in [0.05, 0.1) is 23.7 Å². The topological polar surface area (TPSA) is 86.7 Å². The highest BCUT2D eigenvalue weighted by molar-refractivity contribution is 5.97. The van der Waals surface area contributed by atoms with E-state index in [-0.39, 0.29) is 47.5 Å². The van der Waals surface area contributed by atoms with E-state index in [2.05, 4.69) is 0 Å². The lowest BCUT2D eigenvalue weighted by molar-refractivity contribution is -0.155. The molecule has 22 heavy (non-hydrogen) atoms. The molecule has 2 aliphatic heterocycles. The lowest BCUT2D eigenvalue weighted by atomic mass is 9.64. The van der Waals surface area contributed by atoms with E-state index in [1.54, 1.807) is 0 Å². The summed E-state index contributed by atoms with van der Waals surface area (Å²) in [5.74, 6) is -2.01. The Morgan fingerprint density at radius 3 is 1.32 bits per heavy atom. The van der Waals surface area contributed by atoms with Crippen molar-refractivity contribution in [3.63, 3.8) is 0 Å². The standard InChI is InChI=1S/C16H18O6/c17-13-9-3-1-7(5-11(9)15(19)21-13)8-2-4-10-12(6-8)16(20)22-14(10)18/h7-12H,1-6H2/t7-,8-,9+,10+,11-,12-/m0/s1. The van der Waals surface area contributed by atoms with Gasteiger partial charge in [-0.1, -0.05) is 0 Å². The number of carbonyl (C=O) groups is 4. The molecular weight excluding hydrogens is 288 g/mol. The molecule has 0 N–H and O–H groups in total. The maximum Gasteiger partial charge on any atom is 0.317 e. The van der Waals surface area contributed by atoms with Crippen molar-refractivity contribution in [2.45, 2.75) is 38.5 Å². The Kier molecular flexibility index (Phi) is 3.09. The summed E-state index contributed by atoms with van der Waals surface area (Å²) in [4.78, 5) is 46.7. The Balaban J connectivity index is 1.45. The lowest BCUT2D eigenvalue weighted by Gasteiger charge is -2.37. The summed E-state index contributed by atoms with van der Waals surface area (Å²) in [7, 11) is 0. The second kappa shape index (κ2) is 4.89. The van der Waals surface area contributed by atoms with E-state index in [1.165, 1.54) is 0 Å². The second-order valence-electron chi connectivity index (χ2n) is 7.05. The van der Waals surface area contributed by atoms with E-state index >= 15 is 0 Å².